The standard InChI is InChI=1S/C30H36O3S/c1-18(2)19-5-7-22-24-17-28(3)25(10-12-29(28,33)11-4-14-31)23-8-6-20-16-21(32)9-13-30(20,27(23)24)34-26(22)15-19/h4-5,7,11,15-16,23-25,27,31,33H,1,6,8-10,12-14,17H2,2-3H3/b11-4-/t23-,24+,25-,27?,28-,29-,30+/m0/s1. The fourth-order valence-electron chi connectivity index (χ4n) is 8.74. The number of aliphatic hydroxyl groups excluding tert-OH is 1. The van der Waals surface area contributed by atoms with Gasteiger partial charge in [-0.05, 0) is 98.0 Å². The van der Waals surface area contributed by atoms with Crippen LogP contribution in [-0.2, 0) is 4.79 Å². The largest absolute Gasteiger partial charge is 0.392 e. The molecule has 6 rings (SSSR count). The normalized spacial score (nSPS) is 42.5. The molecule has 4 aliphatic carbocycles. The highest BCUT2D eigenvalue weighted by molar-refractivity contribution is 8.01. The van der Waals surface area contributed by atoms with Crippen LogP contribution in [0.25, 0.3) is 5.57 Å². The Bertz CT molecular complexity index is 1130. The molecular weight excluding hydrogens is 440 g/mol. The molecule has 1 aromatic rings. The number of ketones is 1. The van der Waals surface area contributed by atoms with E-state index in [1.165, 1.54) is 21.6 Å². The smallest absolute Gasteiger partial charge is 0.155 e. The maximum atomic E-state index is 12.5. The second-order valence-corrected chi connectivity index (χ2v) is 13.1. The summed E-state index contributed by atoms with van der Waals surface area (Å²) >= 11 is 2.04. The highest BCUT2D eigenvalue weighted by Crippen LogP contribution is 2.74. The van der Waals surface area contributed by atoms with Gasteiger partial charge in [0.25, 0.3) is 0 Å². The van der Waals surface area contributed by atoms with E-state index in [1.54, 1.807) is 6.08 Å². The molecule has 1 unspecified atom stereocenters. The van der Waals surface area contributed by atoms with Crippen molar-refractivity contribution in [3.05, 3.63) is 59.7 Å². The number of benzene rings is 1. The SMILES string of the molecule is C=C(C)c1ccc2c(c1)S[C@]13CCC(=O)C=C1CC[C@@H]1C3[C@@H]2C[C@@]2(C)[C@H]1CC[C@@]2(O)/C=C\CO. The van der Waals surface area contributed by atoms with Crippen molar-refractivity contribution >= 4 is 23.1 Å². The average molecular weight is 477 g/mol. The summed E-state index contributed by atoms with van der Waals surface area (Å²) in [4.78, 5) is 13.8. The minimum absolute atomic E-state index is 0.00512. The Kier molecular flexibility index (Phi) is 5.16. The molecule has 3 nitrogen and oxygen atoms in total. The third-order valence-electron chi connectivity index (χ3n) is 10.3. The van der Waals surface area contributed by atoms with Crippen LogP contribution in [0, 0.1) is 23.2 Å². The number of carbonyl (C=O) groups is 1. The molecule has 1 aromatic carbocycles. The number of thioether (sulfide) groups is 1. The average Bonchev–Trinajstić information content (AvgIpc) is 3.08. The van der Waals surface area contributed by atoms with Crippen LogP contribution in [0.15, 0.2) is 53.5 Å². The molecule has 0 bridgehead atoms. The first-order valence-corrected chi connectivity index (χ1v) is 13.8. The van der Waals surface area contributed by atoms with Gasteiger partial charge in [-0.1, -0.05) is 43.4 Å². The maximum absolute atomic E-state index is 12.5. The molecule has 3 saturated carbocycles. The quantitative estimate of drug-likeness (QED) is 0.521. The van der Waals surface area contributed by atoms with E-state index >= 15 is 0 Å². The first-order valence-electron chi connectivity index (χ1n) is 13.0. The van der Waals surface area contributed by atoms with Crippen molar-refractivity contribution in [1.82, 2.24) is 0 Å². The Balaban J connectivity index is 1.54. The number of rotatable bonds is 3. The van der Waals surface area contributed by atoms with E-state index in [-0.39, 0.29) is 16.8 Å². The van der Waals surface area contributed by atoms with E-state index in [0.717, 1.165) is 44.1 Å². The lowest BCUT2D eigenvalue weighted by Gasteiger charge is -2.64. The zero-order valence-corrected chi connectivity index (χ0v) is 21.2. The number of aliphatic hydroxyl groups is 2. The van der Waals surface area contributed by atoms with Crippen LogP contribution in [-0.4, -0.2) is 33.0 Å². The summed E-state index contributed by atoms with van der Waals surface area (Å²) in [5.41, 5.74) is 3.98. The van der Waals surface area contributed by atoms with Crippen LogP contribution in [0.3, 0.4) is 0 Å². The van der Waals surface area contributed by atoms with Gasteiger partial charge >= 0.3 is 0 Å². The van der Waals surface area contributed by atoms with Gasteiger partial charge in [-0.3, -0.25) is 4.79 Å². The van der Waals surface area contributed by atoms with Crippen molar-refractivity contribution in [3.8, 4) is 0 Å². The number of fused-ring (bicyclic) bond motifs is 4. The van der Waals surface area contributed by atoms with E-state index in [2.05, 4.69) is 38.6 Å². The molecule has 1 aliphatic heterocycles. The van der Waals surface area contributed by atoms with Crippen molar-refractivity contribution in [2.75, 3.05) is 6.61 Å². The molecule has 34 heavy (non-hydrogen) atoms. The molecule has 4 heteroatoms. The van der Waals surface area contributed by atoms with Crippen molar-refractivity contribution in [2.24, 2.45) is 23.2 Å². The fourth-order valence-corrected chi connectivity index (χ4v) is 10.6. The van der Waals surface area contributed by atoms with Crippen LogP contribution in [0.5, 0.6) is 0 Å². The van der Waals surface area contributed by atoms with E-state index in [1.807, 2.05) is 23.9 Å². The van der Waals surface area contributed by atoms with Crippen LogP contribution in [0.1, 0.15) is 75.8 Å². The Morgan fingerprint density at radius 3 is 2.85 bits per heavy atom. The second kappa shape index (κ2) is 7.69. The number of hydrogen-bond donors (Lipinski definition) is 2. The summed E-state index contributed by atoms with van der Waals surface area (Å²) in [7, 11) is 0. The molecule has 1 spiro atoms. The maximum Gasteiger partial charge on any atom is 0.155 e. The van der Waals surface area contributed by atoms with Gasteiger partial charge in [-0.15, -0.1) is 11.8 Å². The van der Waals surface area contributed by atoms with E-state index in [4.69, 9.17) is 0 Å². The van der Waals surface area contributed by atoms with Gasteiger partial charge in [0.05, 0.1) is 12.2 Å². The monoisotopic (exact) mass is 476 g/mol. The predicted molar refractivity (Wildman–Crippen MR) is 138 cm³/mol. The van der Waals surface area contributed by atoms with E-state index < -0.39 is 5.60 Å². The Morgan fingerprint density at radius 1 is 1.26 bits per heavy atom. The zero-order valence-electron chi connectivity index (χ0n) is 20.3. The minimum Gasteiger partial charge on any atom is -0.392 e. The minimum atomic E-state index is -0.875. The van der Waals surface area contributed by atoms with Crippen LogP contribution < -0.4 is 0 Å². The lowest BCUT2D eigenvalue weighted by atomic mass is 9.46. The molecule has 2 N–H and O–H groups in total. The van der Waals surface area contributed by atoms with Crippen molar-refractivity contribution < 1.29 is 15.0 Å². The number of carbonyl (C=O) groups excluding carboxylic acids is 1. The summed E-state index contributed by atoms with van der Waals surface area (Å²) in [5.74, 6) is 2.19. The summed E-state index contributed by atoms with van der Waals surface area (Å²) < 4.78 is 0.00512. The van der Waals surface area contributed by atoms with Gasteiger partial charge in [-0.25, -0.2) is 0 Å². The van der Waals surface area contributed by atoms with Gasteiger partial charge in [0.2, 0.25) is 0 Å². The van der Waals surface area contributed by atoms with Gasteiger partial charge < -0.3 is 10.2 Å². The molecule has 0 aromatic heterocycles. The predicted octanol–water partition coefficient (Wildman–Crippen LogP) is 6.06. The van der Waals surface area contributed by atoms with Crippen LogP contribution in [0.2, 0.25) is 0 Å². The van der Waals surface area contributed by atoms with E-state index in [9.17, 15) is 15.0 Å². The molecule has 7 atom stereocenters. The third-order valence-corrected chi connectivity index (χ3v) is 12.0. The summed E-state index contributed by atoms with van der Waals surface area (Å²) in [5, 5.41) is 21.4. The van der Waals surface area contributed by atoms with Crippen molar-refractivity contribution in [1.29, 1.82) is 0 Å². The third kappa shape index (κ3) is 2.94. The number of allylic oxidation sites excluding steroid dienone is 1. The highest BCUT2D eigenvalue weighted by atomic mass is 32.2. The van der Waals surface area contributed by atoms with E-state index in [0.29, 0.717) is 35.9 Å². The fraction of sp³-hybridized carbons (Fsp3) is 0.567. The molecule has 0 amide bonds. The lowest BCUT2D eigenvalue weighted by Crippen LogP contribution is -2.60. The Hall–Kier alpha value is -1.62. The first kappa shape index (κ1) is 22.8. The van der Waals surface area contributed by atoms with Crippen LogP contribution >= 0.6 is 11.8 Å². The number of hydrogen-bond acceptors (Lipinski definition) is 4. The summed E-state index contributed by atoms with van der Waals surface area (Å²) in [6.45, 7) is 8.53. The Labute approximate surface area is 207 Å². The van der Waals surface area contributed by atoms with Gasteiger partial charge in [0.15, 0.2) is 5.78 Å². The molecule has 0 saturated heterocycles. The van der Waals surface area contributed by atoms with Gasteiger partial charge in [0.1, 0.15) is 0 Å². The zero-order chi connectivity index (χ0) is 23.9. The Morgan fingerprint density at radius 2 is 2.09 bits per heavy atom. The van der Waals surface area contributed by atoms with Crippen molar-refractivity contribution in [2.45, 2.75) is 80.0 Å². The van der Waals surface area contributed by atoms with Crippen molar-refractivity contribution in [3.63, 3.8) is 0 Å². The lowest BCUT2D eigenvalue weighted by molar-refractivity contribution is -0.116. The van der Waals surface area contributed by atoms with Crippen LogP contribution in [0.4, 0.5) is 0 Å². The first-order chi connectivity index (χ1) is 16.2. The molecule has 5 aliphatic rings. The van der Waals surface area contributed by atoms with Gasteiger partial charge in [-0.2, -0.15) is 0 Å². The second-order valence-electron chi connectivity index (χ2n) is 11.8. The molecule has 180 valence electrons. The van der Waals surface area contributed by atoms with Gasteiger partial charge in [0, 0.05) is 21.5 Å². The molecule has 1 heterocycles. The molecule has 0 radical (unpaired) electrons. The summed E-state index contributed by atoms with van der Waals surface area (Å²) in [6, 6.07) is 6.87. The molecular formula is C30H36O3S. The molecule has 3 fully saturated rings. The topological polar surface area (TPSA) is 57.5 Å². The summed E-state index contributed by atoms with van der Waals surface area (Å²) in [6.07, 6.45) is 12.1. The highest BCUT2D eigenvalue weighted by Gasteiger charge is 2.68.